The molecule has 19 heavy (non-hydrogen) atoms. The zero-order valence-corrected chi connectivity index (χ0v) is 11.5. The molecule has 0 aliphatic heterocycles. The van der Waals surface area contributed by atoms with Gasteiger partial charge in [-0.15, -0.1) is 0 Å². The Hall–Kier alpha value is -1.87. The Balaban J connectivity index is 2.10. The summed E-state index contributed by atoms with van der Waals surface area (Å²) in [4.78, 5) is 4.05. The molecule has 1 heterocycles. The Bertz CT molecular complexity index is 499. The molecule has 0 saturated carbocycles. The zero-order valence-electron chi connectivity index (χ0n) is 11.5. The van der Waals surface area contributed by atoms with Gasteiger partial charge in [0.25, 0.3) is 0 Å². The van der Waals surface area contributed by atoms with Crippen LogP contribution in [0, 0.1) is 0 Å². The van der Waals surface area contributed by atoms with Crippen molar-refractivity contribution in [2.75, 3.05) is 19.0 Å². The van der Waals surface area contributed by atoms with Crippen LogP contribution in [0.1, 0.15) is 24.1 Å². The van der Waals surface area contributed by atoms with Crippen LogP contribution in [-0.2, 0) is 11.2 Å². The fraction of sp³-hybridized carbons (Fsp3) is 0.312. The number of methoxy groups -OCH3 is 1. The maximum Gasteiger partial charge on any atom is 0.0503 e. The number of hydrogen-bond acceptors (Lipinski definition) is 3. The molecule has 0 saturated heterocycles. The minimum atomic E-state index is 0.256. The molecule has 0 amide bonds. The lowest BCUT2D eigenvalue weighted by atomic mass is 10.1. The third kappa shape index (κ3) is 3.80. The lowest BCUT2D eigenvalue weighted by molar-refractivity contribution is 0.202. The molecule has 1 aromatic carbocycles. The smallest absolute Gasteiger partial charge is 0.0503 e. The van der Waals surface area contributed by atoms with Crippen LogP contribution in [0.3, 0.4) is 0 Å². The summed E-state index contributed by atoms with van der Waals surface area (Å²) in [5, 5.41) is 3.55. The Morgan fingerprint density at radius 1 is 1.16 bits per heavy atom. The van der Waals surface area contributed by atoms with Crippen molar-refractivity contribution in [2.45, 2.75) is 19.4 Å². The molecule has 0 aliphatic rings. The number of pyridine rings is 1. The molecule has 1 N–H and O–H groups in total. The normalized spacial score (nSPS) is 12.1. The lowest BCUT2D eigenvalue weighted by Crippen LogP contribution is -2.09. The number of rotatable bonds is 6. The van der Waals surface area contributed by atoms with E-state index in [1.807, 2.05) is 24.5 Å². The first-order valence-corrected chi connectivity index (χ1v) is 6.54. The Morgan fingerprint density at radius 2 is 1.89 bits per heavy atom. The molecule has 3 nitrogen and oxygen atoms in total. The average molecular weight is 256 g/mol. The molecule has 0 bridgehead atoms. The van der Waals surface area contributed by atoms with Crippen LogP contribution in [0.15, 0.2) is 48.8 Å². The van der Waals surface area contributed by atoms with Gasteiger partial charge >= 0.3 is 0 Å². The van der Waals surface area contributed by atoms with Gasteiger partial charge in [0.15, 0.2) is 0 Å². The third-order valence-corrected chi connectivity index (χ3v) is 3.17. The van der Waals surface area contributed by atoms with Crippen LogP contribution in [0.4, 0.5) is 5.69 Å². The Morgan fingerprint density at radius 3 is 2.63 bits per heavy atom. The molecule has 1 atom stereocenters. The van der Waals surface area contributed by atoms with Crippen molar-refractivity contribution in [3.63, 3.8) is 0 Å². The highest BCUT2D eigenvalue weighted by molar-refractivity contribution is 5.52. The predicted molar refractivity (Wildman–Crippen MR) is 78.3 cm³/mol. The van der Waals surface area contributed by atoms with Crippen LogP contribution in [-0.4, -0.2) is 18.7 Å². The van der Waals surface area contributed by atoms with Crippen molar-refractivity contribution in [2.24, 2.45) is 0 Å². The summed E-state index contributed by atoms with van der Waals surface area (Å²) >= 11 is 0. The third-order valence-electron chi connectivity index (χ3n) is 3.17. The van der Waals surface area contributed by atoms with Crippen molar-refractivity contribution >= 4 is 5.69 Å². The minimum Gasteiger partial charge on any atom is -0.384 e. The van der Waals surface area contributed by atoms with Gasteiger partial charge in [0.1, 0.15) is 0 Å². The highest BCUT2D eigenvalue weighted by Crippen LogP contribution is 2.22. The molecule has 2 aromatic rings. The van der Waals surface area contributed by atoms with Crippen molar-refractivity contribution in [3.05, 3.63) is 59.9 Å². The highest BCUT2D eigenvalue weighted by Gasteiger charge is 2.07. The second kappa shape index (κ2) is 6.90. The SMILES string of the molecule is COCCc1ccccc1NC(C)c1ccncc1. The average Bonchev–Trinajstić information content (AvgIpc) is 2.47. The van der Waals surface area contributed by atoms with Gasteiger partial charge in [0.05, 0.1) is 6.61 Å². The predicted octanol–water partition coefficient (Wildman–Crippen LogP) is 3.44. The monoisotopic (exact) mass is 256 g/mol. The number of ether oxygens (including phenoxy) is 1. The Kier molecular flexibility index (Phi) is 4.93. The molecular formula is C16H20N2O. The van der Waals surface area contributed by atoms with E-state index in [0.29, 0.717) is 0 Å². The van der Waals surface area contributed by atoms with Gasteiger partial charge in [-0.1, -0.05) is 18.2 Å². The van der Waals surface area contributed by atoms with Gasteiger partial charge in [0.2, 0.25) is 0 Å². The van der Waals surface area contributed by atoms with Gasteiger partial charge in [-0.05, 0) is 42.7 Å². The van der Waals surface area contributed by atoms with Gasteiger partial charge in [-0.25, -0.2) is 0 Å². The number of nitrogens with one attached hydrogen (secondary N) is 1. The standard InChI is InChI=1S/C16H20N2O/c1-13(14-7-10-17-11-8-14)18-16-6-4-3-5-15(16)9-12-19-2/h3-8,10-11,13,18H,9,12H2,1-2H3. The number of nitrogens with zero attached hydrogens (tertiary/aromatic N) is 1. The van der Waals surface area contributed by atoms with Gasteiger partial charge in [-0.2, -0.15) is 0 Å². The van der Waals surface area contributed by atoms with E-state index in [1.165, 1.54) is 16.8 Å². The quantitative estimate of drug-likeness (QED) is 0.859. The molecule has 3 heteroatoms. The maximum atomic E-state index is 5.15. The minimum absolute atomic E-state index is 0.256. The van der Waals surface area contributed by atoms with E-state index in [1.54, 1.807) is 7.11 Å². The summed E-state index contributed by atoms with van der Waals surface area (Å²) in [5.74, 6) is 0. The van der Waals surface area contributed by atoms with Gasteiger partial charge in [0, 0.05) is 31.2 Å². The van der Waals surface area contributed by atoms with Crippen molar-refractivity contribution in [1.29, 1.82) is 0 Å². The Labute approximate surface area is 114 Å². The van der Waals surface area contributed by atoms with Gasteiger partial charge in [-0.3, -0.25) is 4.98 Å². The van der Waals surface area contributed by atoms with E-state index in [9.17, 15) is 0 Å². The fourth-order valence-corrected chi connectivity index (χ4v) is 2.06. The number of para-hydroxylation sites is 1. The van der Waals surface area contributed by atoms with Crippen LogP contribution < -0.4 is 5.32 Å². The maximum absolute atomic E-state index is 5.15. The fourth-order valence-electron chi connectivity index (χ4n) is 2.06. The first-order chi connectivity index (χ1) is 9.31. The number of hydrogen-bond donors (Lipinski definition) is 1. The van der Waals surface area contributed by atoms with E-state index >= 15 is 0 Å². The van der Waals surface area contributed by atoms with Crippen molar-refractivity contribution in [3.8, 4) is 0 Å². The molecule has 100 valence electrons. The van der Waals surface area contributed by atoms with E-state index in [-0.39, 0.29) is 6.04 Å². The first kappa shape index (κ1) is 13.6. The summed E-state index contributed by atoms with van der Waals surface area (Å²) in [6.45, 7) is 2.89. The van der Waals surface area contributed by atoms with E-state index in [2.05, 4.69) is 41.5 Å². The first-order valence-electron chi connectivity index (χ1n) is 6.54. The topological polar surface area (TPSA) is 34.1 Å². The molecule has 0 spiro atoms. The van der Waals surface area contributed by atoms with E-state index < -0.39 is 0 Å². The van der Waals surface area contributed by atoms with Crippen LogP contribution in [0.25, 0.3) is 0 Å². The molecule has 2 rings (SSSR count). The summed E-state index contributed by atoms with van der Waals surface area (Å²) in [5.41, 5.74) is 3.69. The molecule has 0 radical (unpaired) electrons. The molecule has 0 fully saturated rings. The van der Waals surface area contributed by atoms with Crippen molar-refractivity contribution in [1.82, 2.24) is 4.98 Å². The van der Waals surface area contributed by atoms with E-state index in [4.69, 9.17) is 4.74 Å². The van der Waals surface area contributed by atoms with E-state index in [0.717, 1.165) is 13.0 Å². The second-order valence-corrected chi connectivity index (χ2v) is 4.55. The molecule has 1 unspecified atom stereocenters. The summed E-state index contributed by atoms with van der Waals surface area (Å²) in [6, 6.07) is 12.7. The summed E-state index contributed by atoms with van der Waals surface area (Å²) in [7, 11) is 1.73. The van der Waals surface area contributed by atoms with Crippen LogP contribution in [0.2, 0.25) is 0 Å². The van der Waals surface area contributed by atoms with Crippen LogP contribution in [0.5, 0.6) is 0 Å². The lowest BCUT2D eigenvalue weighted by Gasteiger charge is -2.18. The number of anilines is 1. The van der Waals surface area contributed by atoms with Crippen LogP contribution >= 0.6 is 0 Å². The zero-order chi connectivity index (χ0) is 13.5. The largest absolute Gasteiger partial charge is 0.384 e. The molecule has 0 aliphatic carbocycles. The summed E-state index contributed by atoms with van der Waals surface area (Å²) < 4.78 is 5.15. The summed E-state index contributed by atoms with van der Waals surface area (Å²) in [6.07, 6.45) is 4.57. The number of benzene rings is 1. The van der Waals surface area contributed by atoms with Gasteiger partial charge < -0.3 is 10.1 Å². The second-order valence-electron chi connectivity index (χ2n) is 4.55. The molecule has 1 aromatic heterocycles. The van der Waals surface area contributed by atoms with Crippen molar-refractivity contribution < 1.29 is 4.74 Å². The highest BCUT2D eigenvalue weighted by atomic mass is 16.5. The molecular weight excluding hydrogens is 236 g/mol. The number of aromatic nitrogens is 1.